The predicted molar refractivity (Wildman–Crippen MR) is 104 cm³/mol. The second-order valence-electron chi connectivity index (χ2n) is 5.65. The molecular weight excluding hydrogens is 382 g/mol. The Labute approximate surface area is 155 Å². The van der Waals surface area contributed by atoms with E-state index in [9.17, 15) is 9.59 Å². The molecule has 25 heavy (non-hydrogen) atoms. The molecule has 2 aromatic carbocycles. The smallest absolute Gasteiger partial charge is 0.240 e. The molecule has 0 aromatic heterocycles. The van der Waals surface area contributed by atoms with Crippen LogP contribution >= 0.6 is 15.9 Å². The summed E-state index contributed by atoms with van der Waals surface area (Å²) < 4.78 is 0.979. The molecule has 0 radical (unpaired) electrons. The molecule has 0 aliphatic heterocycles. The van der Waals surface area contributed by atoms with Gasteiger partial charge in [-0.1, -0.05) is 45.8 Å². The van der Waals surface area contributed by atoms with Crippen molar-refractivity contribution in [2.75, 3.05) is 5.32 Å². The quantitative estimate of drug-likeness (QED) is 0.566. The first kappa shape index (κ1) is 18.9. The number of hydrogen-bond acceptors (Lipinski definition) is 3. The molecule has 0 bridgehead atoms. The van der Waals surface area contributed by atoms with Gasteiger partial charge in [0.2, 0.25) is 11.8 Å². The zero-order valence-electron chi connectivity index (χ0n) is 14.2. The first-order chi connectivity index (χ1) is 11.9. The van der Waals surface area contributed by atoms with E-state index in [0.29, 0.717) is 5.71 Å². The summed E-state index contributed by atoms with van der Waals surface area (Å²) in [5.41, 5.74) is 5.94. The van der Waals surface area contributed by atoms with Crippen LogP contribution in [-0.4, -0.2) is 17.5 Å². The van der Waals surface area contributed by atoms with Crippen molar-refractivity contribution in [3.8, 4) is 0 Å². The van der Waals surface area contributed by atoms with Gasteiger partial charge in [0, 0.05) is 23.0 Å². The van der Waals surface area contributed by atoms with E-state index in [1.807, 2.05) is 62.4 Å². The van der Waals surface area contributed by atoms with Gasteiger partial charge in [0.15, 0.2) is 0 Å². The van der Waals surface area contributed by atoms with Gasteiger partial charge in [-0.3, -0.25) is 9.59 Å². The maximum absolute atomic E-state index is 11.9. The largest absolute Gasteiger partial charge is 0.326 e. The Morgan fingerprint density at radius 3 is 2.20 bits per heavy atom. The van der Waals surface area contributed by atoms with Gasteiger partial charge in [-0.2, -0.15) is 5.10 Å². The molecule has 0 spiro atoms. The van der Waals surface area contributed by atoms with Crippen molar-refractivity contribution in [1.82, 2.24) is 5.43 Å². The topological polar surface area (TPSA) is 70.6 Å². The zero-order chi connectivity index (χ0) is 18.2. The van der Waals surface area contributed by atoms with Gasteiger partial charge in [0.1, 0.15) is 0 Å². The third-order valence-electron chi connectivity index (χ3n) is 3.52. The molecular formula is C19H20BrN3O2. The second-order valence-corrected chi connectivity index (χ2v) is 6.57. The van der Waals surface area contributed by atoms with Crippen LogP contribution in [0.25, 0.3) is 0 Å². The number of amides is 2. The van der Waals surface area contributed by atoms with Gasteiger partial charge in [0.25, 0.3) is 0 Å². The Bertz CT molecular complexity index is 768. The lowest BCUT2D eigenvalue weighted by atomic mass is 10.1. The molecule has 5 nitrogen and oxygen atoms in total. The van der Waals surface area contributed by atoms with Crippen LogP contribution in [0.15, 0.2) is 58.1 Å². The van der Waals surface area contributed by atoms with Crippen molar-refractivity contribution in [3.63, 3.8) is 0 Å². The van der Waals surface area contributed by atoms with Gasteiger partial charge in [0.05, 0.1) is 5.71 Å². The van der Waals surface area contributed by atoms with E-state index in [2.05, 4.69) is 31.8 Å². The highest BCUT2D eigenvalue weighted by molar-refractivity contribution is 9.10. The average Bonchev–Trinajstić information content (AvgIpc) is 2.60. The van der Waals surface area contributed by atoms with Gasteiger partial charge < -0.3 is 5.32 Å². The summed E-state index contributed by atoms with van der Waals surface area (Å²) in [5.74, 6) is -0.497. The monoisotopic (exact) mass is 401 g/mol. The van der Waals surface area contributed by atoms with E-state index in [0.717, 1.165) is 21.3 Å². The van der Waals surface area contributed by atoms with Crippen molar-refractivity contribution < 1.29 is 9.59 Å². The third-order valence-corrected chi connectivity index (χ3v) is 4.05. The maximum Gasteiger partial charge on any atom is 0.240 e. The fourth-order valence-electron chi connectivity index (χ4n) is 2.05. The van der Waals surface area contributed by atoms with E-state index in [4.69, 9.17) is 0 Å². The van der Waals surface area contributed by atoms with Crippen molar-refractivity contribution in [3.05, 3.63) is 64.1 Å². The first-order valence-corrected chi connectivity index (χ1v) is 8.69. The number of anilines is 1. The SMILES string of the molecule is C/C(=N\NC(=O)CCC(=O)Nc1ccc(C)cc1)c1ccc(Br)cc1. The summed E-state index contributed by atoms with van der Waals surface area (Å²) in [6, 6.07) is 15.1. The highest BCUT2D eigenvalue weighted by atomic mass is 79.9. The molecule has 6 heteroatoms. The van der Waals surface area contributed by atoms with Gasteiger partial charge in [-0.15, -0.1) is 0 Å². The molecule has 0 aliphatic rings. The van der Waals surface area contributed by atoms with Gasteiger partial charge >= 0.3 is 0 Å². The van der Waals surface area contributed by atoms with E-state index in [1.165, 1.54) is 0 Å². The molecule has 130 valence electrons. The van der Waals surface area contributed by atoms with Gasteiger partial charge in [-0.05, 0) is 43.7 Å². The van der Waals surface area contributed by atoms with Crippen LogP contribution < -0.4 is 10.7 Å². The Balaban J connectivity index is 1.77. The Morgan fingerprint density at radius 1 is 0.960 bits per heavy atom. The molecule has 0 saturated carbocycles. The molecule has 0 atom stereocenters. The normalized spacial score (nSPS) is 11.1. The van der Waals surface area contributed by atoms with Crippen LogP contribution in [0.1, 0.15) is 30.9 Å². The molecule has 2 amide bonds. The number of hydrogen-bond donors (Lipinski definition) is 2. The minimum atomic E-state index is -0.296. The summed E-state index contributed by atoms with van der Waals surface area (Å²) in [7, 11) is 0. The van der Waals surface area contributed by atoms with Crippen LogP contribution in [0.4, 0.5) is 5.69 Å². The maximum atomic E-state index is 11.9. The number of carbonyl (C=O) groups excluding carboxylic acids is 2. The second kappa shape index (κ2) is 9.13. The van der Waals surface area contributed by atoms with E-state index in [1.54, 1.807) is 0 Å². The molecule has 2 aromatic rings. The Hall–Kier alpha value is -2.47. The van der Waals surface area contributed by atoms with Gasteiger partial charge in [-0.25, -0.2) is 5.43 Å². The number of benzene rings is 2. The molecule has 0 unspecified atom stereocenters. The lowest BCUT2D eigenvalue weighted by Crippen LogP contribution is -2.21. The number of nitrogens with zero attached hydrogens (tertiary/aromatic N) is 1. The lowest BCUT2D eigenvalue weighted by Gasteiger charge is -2.06. The van der Waals surface area contributed by atoms with Crippen LogP contribution in [0.2, 0.25) is 0 Å². The molecule has 0 heterocycles. The Morgan fingerprint density at radius 2 is 1.56 bits per heavy atom. The van der Waals surface area contributed by atoms with Crippen LogP contribution in [-0.2, 0) is 9.59 Å². The lowest BCUT2D eigenvalue weighted by molar-refractivity contribution is -0.124. The third kappa shape index (κ3) is 6.51. The number of hydrazone groups is 1. The molecule has 2 rings (SSSR count). The van der Waals surface area contributed by atoms with Crippen LogP contribution in [0.3, 0.4) is 0 Å². The molecule has 0 saturated heterocycles. The summed E-state index contributed by atoms with van der Waals surface area (Å²) in [6.07, 6.45) is 0.182. The van der Waals surface area contributed by atoms with Crippen LogP contribution in [0.5, 0.6) is 0 Å². The number of halogens is 1. The van der Waals surface area contributed by atoms with E-state index >= 15 is 0 Å². The summed E-state index contributed by atoms with van der Waals surface area (Å²) in [5, 5.41) is 6.83. The van der Waals surface area contributed by atoms with E-state index in [-0.39, 0.29) is 24.7 Å². The van der Waals surface area contributed by atoms with Crippen molar-refractivity contribution in [1.29, 1.82) is 0 Å². The molecule has 0 aliphatic carbocycles. The standard InChI is InChI=1S/C19H20BrN3O2/c1-13-3-9-17(10-4-13)21-18(24)11-12-19(25)23-22-14(2)15-5-7-16(20)8-6-15/h3-10H,11-12H2,1-2H3,(H,21,24)(H,23,25)/b22-14+. The summed E-state index contributed by atoms with van der Waals surface area (Å²) in [4.78, 5) is 23.7. The average molecular weight is 402 g/mol. The number of aryl methyl sites for hydroxylation is 1. The van der Waals surface area contributed by atoms with Crippen molar-refractivity contribution >= 4 is 39.1 Å². The minimum Gasteiger partial charge on any atom is -0.326 e. The minimum absolute atomic E-state index is 0.0782. The highest BCUT2D eigenvalue weighted by Gasteiger charge is 2.07. The number of carbonyl (C=O) groups is 2. The van der Waals surface area contributed by atoms with E-state index < -0.39 is 0 Å². The fourth-order valence-corrected chi connectivity index (χ4v) is 2.31. The summed E-state index contributed by atoms with van der Waals surface area (Å²) in [6.45, 7) is 3.79. The predicted octanol–water partition coefficient (Wildman–Crippen LogP) is 4.02. The fraction of sp³-hybridized carbons (Fsp3) is 0.211. The number of nitrogens with one attached hydrogen (secondary N) is 2. The van der Waals surface area contributed by atoms with Crippen molar-refractivity contribution in [2.45, 2.75) is 26.7 Å². The zero-order valence-corrected chi connectivity index (χ0v) is 15.8. The first-order valence-electron chi connectivity index (χ1n) is 7.89. The highest BCUT2D eigenvalue weighted by Crippen LogP contribution is 2.11. The number of rotatable bonds is 6. The molecule has 0 fully saturated rings. The van der Waals surface area contributed by atoms with Crippen LogP contribution in [0, 0.1) is 6.92 Å². The summed E-state index contributed by atoms with van der Waals surface area (Å²) >= 11 is 3.37. The molecule has 2 N–H and O–H groups in total. The Kier molecular flexibility index (Phi) is 6.89. The van der Waals surface area contributed by atoms with Crippen molar-refractivity contribution in [2.24, 2.45) is 5.10 Å².